The predicted molar refractivity (Wildman–Crippen MR) is 97.2 cm³/mol. The summed E-state index contributed by atoms with van der Waals surface area (Å²) in [4.78, 5) is 52.0. The zero-order valence-electron chi connectivity index (χ0n) is 15.5. The molecule has 148 valence electrons. The summed E-state index contributed by atoms with van der Waals surface area (Å²) in [5.74, 6) is -2.04. The van der Waals surface area contributed by atoms with E-state index in [9.17, 15) is 24.3 Å². The molecule has 3 aliphatic rings. The number of amides is 4. The lowest BCUT2D eigenvalue weighted by atomic mass is 10.0. The zero-order chi connectivity index (χ0) is 20.0. The second-order valence-corrected chi connectivity index (χ2v) is 7.54. The number of fused-ring (bicyclic) bond motifs is 1. The number of nitrogens with zero attached hydrogens (tertiary/aromatic N) is 2. The Hall–Kier alpha value is -2.62. The summed E-state index contributed by atoms with van der Waals surface area (Å²) >= 11 is 0. The molecule has 3 N–H and O–H groups in total. The largest absolute Gasteiger partial charge is 0.390 e. The molecule has 9 heteroatoms. The van der Waals surface area contributed by atoms with Gasteiger partial charge in [0, 0.05) is 32.1 Å². The smallest absolute Gasteiger partial charge is 0.262 e. The van der Waals surface area contributed by atoms with Gasteiger partial charge >= 0.3 is 0 Å². The second kappa shape index (κ2) is 7.08. The number of hydrogen-bond acceptors (Lipinski definition) is 7. The molecule has 9 nitrogen and oxygen atoms in total. The first kappa shape index (κ1) is 18.7. The SMILES string of the molecule is CN(Cc1ccc2c(c1)C(=O)N(C1CCC(=O)NC1=O)C2=O)[C@@H]1CNC[C@H]1O. The van der Waals surface area contributed by atoms with Crippen molar-refractivity contribution in [3.05, 3.63) is 34.9 Å². The molecule has 2 fully saturated rings. The lowest BCUT2D eigenvalue weighted by molar-refractivity contribution is -0.136. The number of imide groups is 2. The van der Waals surface area contributed by atoms with E-state index in [-0.39, 0.29) is 30.0 Å². The van der Waals surface area contributed by atoms with E-state index < -0.39 is 35.8 Å². The molecule has 3 aliphatic heterocycles. The van der Waals surface area contributed by atoms with E-state index in [2.05, 4.69) is 10.6 Å². The number of carbonyl (C=O) groups excluding carboxylic acids is 4. The van der Waals surface area contributed by atoms with E-state index in [1.165, 1.54) is 0 Å². The minimum atomic E-state index is -0.962. The Bertz CT molecular complexity index is 870. The summed E-state index contributed by atoms with van der Waals surface area (Å²) in [6.45, 7) is 1.74. The van der Waals surface area contributed by atoms with E-state index in [0.29, 0.717) is 19.6 Å². The molecule has 3 heterocycles. The van der Waals surface area contributed by atoms with Gasteiger partial charge < -0.3 is 10.4 Å². The van der Waals surface area contributed by atoms with Crippen molar-refractivity contribution in [2.24, 2.45) is 0 Å². The highest BCUT2D eigenvalue weighted by Gasteiger charge is 2.44. The number of β-amino-alcohol motifs (C(OH)–C–C–N with tert-alkyl or cyclic N) is 1. The Morgan fingerprint density at radius 1 is 1.14 bits per heavy atom. The molecule has 2 saturated heterocycles. The zero-order valence-corrected chi connectivity index (χ0v) is 15.5. The molecule has 1 unspecified atom stereocenters. The van der Waals surface area contributed by atoms with Crippen LogP contribution < -0.4 is 10.6 Å². The lowest BCUT2D eigenvalue weighted by Crippen LogP contribution is -2.54. The molecule has 0 spiro atoms. The van der Waals surface area contributed by atoms with Gasteiger partial charge in [-0.3, -0.25) is 34.3 Å². The topological polar surface area (TPSA) is 119 Å². The first-order chi connectivity index (χ1) is 13.4. The highest BCUT2D eigenvalue weighted by atomic mass is 16.3. The van der Waals surface area contributed by atoms with Gasteiger partial charge in [-0.05, 0) is 31.2 Å². The maximum atomic E-state index is 12.9. The average molecular weight is 386 g/mol. The Balaban J connectivity index is 1.54. The molecule has 4 rings (SSSR count). The van der Waals surface area contributed by atoms with Gasteiger partial charge in [-0.25, -0.2) is 0 Å². The quantitative estimate of drug-likeness (QED) is 0.559. The lowest BCUT2D eigenvalue weighted by Gasteiger charge is -2.27. The van der Waals surface area contributed by atoms with Gasteiger partial charge in [0.2, 0.25) is 11.8 Å². The summed E-state index contributed by atoms with van der Waals surface area (Å²) in [7, 11) is 1.90. The Kier molecular flexibility index (Phi) is 4.74. The third-order valence-electron chi connectivity index (χ3n) is 5.65. The number of rotatable bonds is 4. The maximum Gasteiger partial charge on any atom is 0.262 e. The molecule has 1 aromatic carbocycles. The fraction of sp³-hybridized carbons (Fsp3) is 0.474. The van der Waals surface area contributed by atoms with Gasteiger partial charge in [-0.1, -0.05) is 6.07 Å². The van der Waals surface area contributed by atoms with Crippen molar-refractivity contribution >= 4 is 23.6 Å². The van der Waals surface area contributed by atoms with E-state index in [0.717, 1.165) is 10.5 Å². The summed E-state index contributed by atoms with van der Waals surface area (Å²) in [6, 6.07) is 4.07. The van der Waals surface area contributed by atoms with Gasteiger partial charge in [-0.2, -0.15) is 0 Å². The van der Waals surface area contributed by atoms with Crippen LogP contribution >= 0.6 is 0 Å². The van der Waals surface area contributed by atoms with Crippen LogP contribution in [0.3, 0.4) is 0 Å². The van der Waals surface area contributed by atoms with Crippen LogP contribution in [0.4, 0.5) is 0 Å². The first-order valence-corrected chi connectivity index (χ1v) is 9.30. The van der Waals surface area contributed by atoms with Crippen LogP contribution in [-0.4, -0.2) is 76.9 Å². The molecule has 3 atom stereocenters. The van der Waals surface area contributed by atoms with E-state index >= 15 is 0 Å². The molecule has 1 aromatic rings. The van der Waals surface area contributed by atoms with Gasteiger partial charge in [0.05, 0.1) is 17.2 Å². The standard InChI is InChI=1S/C19H22N4O5/c1-22(14-7-20-8-15(14)24)9-10-2-3-11-12(6-10)19(28)23(18(11)27)13-4-5-16(25)21-17(13)26/h2-3,6,13-15,20,24H,4-5,7-9H2,1H3,(H,21,25,26)/t13?,14-,15-/m1/s1. The maximum absolute atomic E-state index is 12.9. The summed E-state index contributed by atoms with van der Waals surface area (Å²) in [5.41, 5.74) is 1.38. The van der Waals surface area contributed by atoms with Crippen LogP contribution in [0.2, 0.25) is 0 Å². The Labute approximate surface area is 161 Å². The summed E-state index contributed by atoms with van der Waals surface area (Å²) in [5, 5.41) is 15.3. The molecule has 0 bridgehead atoms. The summed E-state index contributed by atoms with van der Waals surface area (Å²) in [6.07, 6.45) is -0.221. The van der Waals surface area contributed by atoms with Crippen LogP contribution in [0, 0.1) is 0 Å². The number of carbonyl (C=O) groups is 4. The molecular formula is C19H22N4O5. The molecule has 28 heavy (non-hydrogen) atoms. The monoisotopic (exact) mass is 386 g/mol. The van der Waals surface area contributed by atoms with Crippen molar-refractivity contribution in [1.29, 1.82) is 0 Å². The van der Waals surface area contributed by atoms with Crippen LogP contribution in [0.25, 0.3) is 0 Å². The minimum absolute atomic E-state index is 0.0226. The van der Waals surface area contributed by atoms with Crippen LogP contribution in [0.15, 0.2) is 18.2 Å². The molecule has 0 radical (unpaired) electrons. The summed E-state index contributed by atoms with van der Waals surface area (Å²) < 4.78 is 0. The fourth-order valence-corrected chi connectivity index (χ4v) is 4.12. The predicted octanol–water partition coefficient (Wildman–Crippen LogP) is -1.15. The average Bonchev–Trinajstić information content (AvgIpc) is 3.18. The number of hydrogen-bond donors (Lipinski definition) is 3. The minimum Gasteiger partial charge on any atom is -0.390 e. The van der Waals surface area contributed by atoms with Crippen molar-refractivity contribution in [2.75, 3.05) is 20.1 Å². The van der Waals surface area contributed by atoms with Crippen molar-refractivity contribution in [1.82, 2.24) is 20.4 Å². The molecule has 0 aromatic heterocycles. The number of likely N-dealkylation sites (N-methyl/N-ethyl adjacent to an activating group) is 1. The van der Waals surface area contributed by atoms with Gasteiger partial charge in [0.25, 0.3) is 11.8 Å². The molecule has 4 amide bonds. The second-order valence-electron chi connectivity index (χ2n) is 7.54. The van der Waals surface area contributed by atoms with E-state index in [4.69, 9.17) is 0 Å². The molecule has 0 aliphatic carbocycles. The number of aliphatic hydroxyl groups excluding tert-OH is 1. The number of piperidine rings is 1. The number of aliphatic hydroxyl groups is 1. The Morgan fingerprint density at radius 3 is 2.57 bits per heavy atom. The third-order valence-corrected chi connectivity index (χ3v) is 5.65. The van der Waals surface area contributed by atoms with Gasteiger partial charge in [0.1, 0.15) is 6.04 Å². The van der Waals surface area contributed by atoms with E-state index in [1.54, 1.807) is 18.2 Å². The highest BCUT2D eigenvalue weighted by Crippen LogP contribution is 2.28. The van der Waals surface area contributed by atoms with Crippen molar-refractivity contribution in [3.8, 4) is 0 Å². The van der Waals surface area contributed by atoms with E-state index in [1.807, 2.05) is 11.9 Å². The third kappa shape index (κ3) is 3.11. The van der Waals surface area contributed by atoms with Crippen LogP contribution in [-0.2, 0) is 16.1 Å². The fourth-order valence-electron chi connectivity index (χ4n) is 4.12. The Morgan fingerprint density at radius 2 is 1.89 bits per heavy atom. The molecule has 0 saturated carbocycles. The van der Waals surface area contributed by atoms with Crippen molar-refractivity contribution in [3.63, 3.8) is 0 Å². The highest BCUT2D eigenvalue weighted by molar-refractivity contribution is 6.23. The van der Waals surface area contributed by atoms with Gasteiger partial charge in [-0.15, -0.1) is 0 Å². The van der Waals surface area contributed by atoms with Crippen LogP contribution in [0.5, 0.6) is 0 Å². The first-order valence-electron chi connectivity index (χ1n) is 9.30. The van der Waals surface area contributed by atoms with Crippen molar-refractivity contribution in [2.45, 2.75) is 37.6 Å². The van der Waals surface area contributed by atoms with Crippen molar-refractivity contribution < 1.29 is 24.3 Å². The van der Waals surface area contributed by atoms with Gasteiger partial charge in [0.15, 0.2) is 0 Å². The normalized spacial score (nSPS) is 27.5. The number of nitrogens with one attached hydrogen (secondary N) is 2. The van der Waals surface area contributed by atoms with Crippen LogP contribution in [0.1, 0.15) is 39.1 Å². The number of benzene rings is 1. The molecular weight excluding hydrogens is 364 g/mol.